The number of aliphatic hydroxyl groups is 1. The van der Waals surface area contributed by atoms with E-state index in [1.807, 2.05) is 6.92 Å². The van der Waals surface area contributed by atoms with Crippen LogP contribution in [0.15, 0.2) is 30.3 Å². The molecule has 0 aromatic heterocycles. The van der Waals surface area contributed by atoms with Crippen LogP contribution in [0.5, 0.6) is 0 Å². The van der Waals surface area contributed by atoms with Gasteiger partial charge >= 0.3 is 0 Å². The molecule has 0 saturated heterocycles. The van der Waals surface area contributed by atoms with E-state index in [-0.39, 0.29) is 5.82 Å². The Morgan fingerprint density at radius 1 is 1.43 bits per heavy atom. The van der Waals surface area contributed by atoms with Crippen LogP contribution in [-0.4, -0.2) is 11.2 Å². The second kappa shape index (κ2) is 4.91. The molecule has 2 heteroatoms. The molecule has 76 valence electrons. The molecule has 0 fully saturated rings. The van der Waals surface area contributed by atoms with Gasteiger partial charge < -0.3 is 5.11 Å². The summed E-state index contributed by atoms with van der Waals surface area (Å²) in [4.78, 5) is 0. The van der Waals surface area contributed by atoms with Crippen molar-refractivity contribution in [1.29, 1.82) is 0 Å². The molecule has 0 aliphatic heterocycles. The van der Waals surface area contributed by atoms with Gasteiger partial charge in [0.05, 0.1) is 6.10 Å². The number of aliphatic hydroxyl groups excluding tert-OH is 1. The second-order valence-corrected chi connectivity index (χ2v) is 3.29. The lowest BCUT2D eigenvalue weighted by Gasteiger charge is -2.06. The van der Waals surface area contributed by atoms with Gasteiger partial charge in [-0.15, -0.1) is 0 Å². The topological polar surface area (TPSA) is 20.2 Å². The molecule has 1 aromatic carbocycles. The highest BCUT2D eigenvalue weighted by Crippen LogP contribution is 2.18. The van der Waals surface area contributed by atoms with E-state index < -0.39 is 6.10 Å². The molecule has 1 nitrogen and oxygen atoms in total. The van der Waals surface area contributed by atoms with Crippen molar-refractivity contribution in [2.24, 2.45) is 0 Å². The first kappa shape index (κ1) is 10.9. The van der Waals surface area contributed by atoms with Crippen LogP contribution >= 0.6 is 0 Å². The molecule has 1 unspecified atom stereocenters. The molecule has 0 bridgehead atoms. The third kappa shape index (κ3) is 2.96. The maximum atomic E-state index is 12.6. The van der Waals surface area contributed by atoms with Gasteiger partial charge in [-0.25, -0.2) is 4.39 Å². The Morgan fingerprint density at radius 3 is 2.43 bits per heavy atom. The predicted molar refractivity (Wildman–Crippen MR) is 56.3 cm³/mol. The highest BCUT2D eigenvalue weighted by Gasteiger charge is 2.00. The van der Waals surface area contributed by atoms with Crippen molar-refractivity contribution in [2.75, 3.05) is 0 Å². The first-order valence-electron chi connectivity index (χ1n) is 4.78. The Bertz CT molecular complexity index is 312. The molecule has 1 aromatic rings. The van der Waals surface area contributed by atoms with Crippen LogP contribution in [0.2, 0.25) is 0 Å². The molecule has 0 heterocycles. The van der Waals surface area contributed by atoms with Crippen LogP contribution in [-0.2, 0) is 0 Å². The molecule has 0 aliphatic rings. The van der Waals surface area contributed by atoms with Gasteiger partial charge in [0, 0.05) is 0 Å². The molecule has 0 amide bonds. The molecule has 0 saturated carbocycles. The molecule has 14 heavy (non-hydrogen) atoms. The van der Waals surface area contributed by atoms with Crippen molar-refractivity contribution in [1.82, 2.24) is 0 Å². The number of halogens is 1. The molecular formula is C12H15FO. The minimum absolute atomic E-state index is 0.235. The fraction of sp³-hybridized carbons (Fsp3) is 0.333. The lowest BCUT2D eigenvalue weighted by molar-refractivity contribution is 0.244. The third-order valence-electron chi connectivity index (χ3n) is 2.04. The number of benzene rings is 1. The molecule has 1 rings (SSSR count). The largest absolute Gasteiger partial charge is 0.389 e. The minimum atomic E-state index is -0.463. The summed E-state index contributed by atoms with van der Waals surface area (Å²) in [5.74, 6) is -0.235. The van der Waals surface area contributed by atoms with Crippen molar-refractivity contribution >= 4 is 5.57 Å². The van der Waals surface area contributed by atoms with E-state index in [1.165, 1.54) is 12.1 Å². The van der Waals surface area contributed by atoms with Gasteiger partial charge in [-0.05, 0) is 36.6 Å². The average molecular weight is 194 g/mol. The average Bonchev–Trinajstić information content (AvgIpc) is 2.15. The summed E-state index contributed by atoms with van der Waals surface area (Å²) in [5, 5.41) is 9.22. The van der Waals surface area contributed by atoms with Crippen LogP contribution in [0.3, 0.4) is 0 Å². The molecule has 0 spiro atoms. The van der Waals surface area contributed by atoms with Gasteiger partial charge in [0.2, 0.25) is 0 Å². The normalized spacial score (nSPS) is 14.1. The number of hydrogen-bond donors (Lipinski definition) is 1. The van der Waals surface area contributed by atoms with E-state index in [9.17, 15) is 9.50 Å². The summed E-state index contributed by atoms with van der Waals surface area (Å²) in [6.07, 6.45) is 2.15. The van der Waals surface area contributed by atoms with Crippen LogP contribution in [0.1, 0.15) is 25.8 Å². The smallest absolute Gasteiger partial charge is 0.123 e. The lowest BCUT2D eigenvalue weighted by Crippen LogP contribution is -1.95. The van der Waals surface area contributed by atoms with E-state index >= 15 is 0 Å². The zero-order chi connectivity index (χ0) is 10.6. The van der Waals surface area contributed by atoms with Crippen molar-refractivity contribution in [3.8, 4) is 0 Å². The molecule has 1 N–H and O–H groups in total. The van der Waals surface area contributed by atoms with E-state index in [4.69, 9.17) is 0 Å². The van der Waals surface area contributed by atoms with E-state index in [0.29, 0.717) is 0 Å². The van der Waals surface area contributed by atoms with E-state index in [1.54, 1.807) is 25.1 Å². The van der Waals surface area contributed by atoms with Gasteiger partial charge in [-0.3, -0.25) is 0 Å². The highest BCUT2D eigenvalue weighted by molar-refractivity contribution is 5.65. The Balaban J connectivity index is 2.95. The Hall–Kier alpha value is -1.15. The van der Waals surface area contributed by atoms with E-state index in [2.05, 4.69) is 0 Å². The lowest BCUT2D eigenvalue weighted by atomic mass is 10.0. The maximum Gasteiger partial charge on any atom is 0.123 e. The Morgan fingerprint density at radius 2 is 2.00 bits per heavy atom. The first-order valence-corrected chi connectivity index (χ1v) is 4.78. The van der Waals surface area contributed by atoms with Gasteiger partial charge in [-0.2, -0.15) is 0 Å². The quantitative estimate of drug-likeness (QED) is 0.784. The minimum Gasteiger partial charge on any atom is -0.389 e. The standard InChI is InChI=1S/C12H15FO/c1-3-10(8-9(2)14)11-4-6-12(13)7-5-11/h4-9,14H,3H2,1-2H3/b10-8-. The monoisotopic (exact) mass is 194 g/mol. The van der Waals surface area contributed by atoms with Crippen LogP contribution in [0, 0.1) is 5.82 Å². The fourth-order valence-electron chi connectivity index (χ4n) is 1.37. The predicted octanol–water partition coefficient (Wildman–Crippen LogP) is 3.00. The van der Waals surface area contributed by atoms with Gasteiger partial charge in [0.1, 0.15) is 5.82 Å². The zero-order valence-electron chi connectivity index (χ0n) is 8.50. The summed E-state index contributed by atoms with van der Waals surface area (Å²) in [5.41, 5.74) is 2.01. The molecule has 0 aliphatic carbocycles. The van der Waals surface area contributed by atoms with Crippen LogP contribution < -0.4 is 0 Å². The zero-order valence-corrected chi connectivity index (χ0v) is 8.50. The molecular weight excluding hydrogens is 179 g/mol. The SMILES string of the molecule is CC/C(=C/C(C)O)c1ccc(F)cc1. The molecule has 1 atom stereocenters. The summed E-state index contributed by atoms with van der Waals surface area (Å²) >= 11 is 0. The molecule has 0 radical (unpaired) electrons. The van der Waals surface area contributed by atoms with E-state index in [0.717, 1.165) is 17.6 Å². The Kier molecular flexibility index (Phi) is 3.84. The number of rotatable bonds is 3. The first-order chi connectivity index (χ1) is 6.63. The summed E-state index contributed by atoms with van der Waals surface area (Å²) in [7, 11) is 0. The summed E-state index contributed by atoms with van der Waals surface area (Å²) < 4.78 is 12.6. The van der Waals surface area contributed by atoms with Crippen molar-refractivity contribution in [3.63, 3.8) is 0 Å². The summed E-state index contributed by atoms with van der Waals surface area (Å²) in [6, 6.07) is 6.32. The van der Waals surface area contributed by atoms with Gasteiger partial charge in [0.25, 0.3) is 0 Å². The number of allylic oxidation sites excluding steroid dienone is 1. The van der Waals surface area contributed by atoms with Crippen LogP contribution in [0.4, 0.5) is 4.39 Å². The Labute approximate surface area is 83.9 Å². The van der Waals surface area contributed by atoms with Crippen molar-refractivity contribution < 1.29 is 9.50 Å². The second-order valence-electron chi connectivity index (χ2n) is 3.29. The van der Waals surface area contributed by atoms with Crippen molar-refractivity contribution in [3.05, 3.63) is 41.7 Å². The van der Waals surface area contributed by atoms with Gasteiger partial charge in [0.15, 0.2) is 0 Å². The van der Waals surface area contributed by atoms with Gasteiger partial charge in [-0.1, -0.05) is 25.1 Å². The third-order valence-corrected chi connectivity index (χ3v) is 2.04. The fourth-order valence-corrected chi connectivity index (χ4v) is 1.37. The highest BCUT2D eigenvalue weighted by atomic mass is 19.1. The van der Waals surface area contributed by atoms with Crippen molar-refractivity contribution in [2.45, 2.75) is 26.4 Å². The summed E-state index contributed by atoms with van der Waals surface area (Å²) in [6.45, 7) is 3.72. The number of hydrogen-bond acceptors (Lipinski definition) is 1. The van der Waals surface area contributed by atoms with Crippen LogP contribution in [0.25, 0.3) is 5.57 Å². The maximum absolute atomic E-state index is 12.6.